The second kappa shape index (κ2) is 18.5. The molecule has 0 aliphatic carbocycles. The van der Waals surface area contributed by atoms with E-state index in [0.717, 1.165) is 25.9 Å². The van der Waals surface area contributed by atoms with E-state index in [9.17, 15) is 4.79 Å². The standard InChI is InChI=1S/C21H40O3/c1-4-5-6-7-8-10-13-16-20(19-23-2)17-14-11-9-12-15-18-21(22)24-3/h16H,4-15,17-19H2,1-3H3. The maximum absolute atomic E-state index is 11.0. The molecule has 0 amide bonds. The SMILES string of the molecule is CCCCCCCCC=C(CCCCCCCC(=O)OC)COC. The number of hydrogen-bond donors (Lipinski definition) is 0. The van der Waals surface area contributed by atoms with E-state index in [2.05, 4.69) is 17.7 Å². The lowest BCUT2D eigenvalue weighted by atomic mass is 10.0. The molecule has 0 saturated heterocycles. The Labute approximate surface area is 150 Å². The molecule has 0 aromatic carbocycles. The molecule has 0 N–H and O–H groups in total. The number of allylic oxidation sites excluding steroid dienone is 1. The molecule has 0 rings (SSSR count). The predicted molar refractivity (Wildman–Crippen MR) is 102 cm³/mol. The summed E-state index contributed by atoms with van der Waals surface area (Å²) in [6.07, 6.45) is 19.2. The van der Waals surface area contributed by atoms with Crippen molar-refractivity contribution in [1.29, 1.82) is 0 Å². The Morgan fingerprint density at radius 3 is 2.00 bits per heavy atom. The van der Waals surface area contributed by atoms with Crippen molar-refractivity contribution >= 4 is 5.97 Å². The minimum absolute atomic E-state index is 0.0880. The van der Waals surface area contributed by atoms with Crippen LogP contribution in [0.1, 0.15) is 96.8 Å². The molecule has 0 heterocycles. The second-order valence-electron chi connectivity index (χ2n) is 6.70. The summed E-state index contributed by atoms with van der Waals surface area (Å²) in [4.78, 5) is 11.0. The third-order valence-electron chi connectivity index (χ3n) is 4.43. The number of ether oxygens (including phenoxy) is 2. The molecule has 0 saturated carbocycles. The summed E-state index contributed by atoms with van der Waals surface area (Å²) in [7, 11) is 3.24. The first-order valence-electron chi connectivity index (χ1n) is 9.98. The molecule has 0 aliphatic heterocycles. The van der Waals surface area contributed by atoms with Crippen molar-refractivity contribution in [2.45, 2.75) is 96.8 Å². The van der Waals surface area contributed by atoms with Crippen LogP contribution in [0.3, 0.4) is 0 Å². The summed E-state index contributed by atoms with van der Waals surface area (Å²) in [5.74, 6) is -0.0880. The van der Waals surface area contributed by atoms with E-state index in [1.54, 1.807) is 7.11 Å². The van der Waals surface area contributed by atoms with Crippen LogP contribution in [0.2, 0.25) is 0 Å². The van der Waals surface area contributed by atoms with Gasteiger partial charge in [-0.1, -0.05) is 64.4 Å². The Bertz CT molecular complexity index is 310. The normalized spacial score (nSPS) is 11.7. The summed E-state index contributed by atoms with van der Waals surface area (Å²) < 4.78 is 9.98. The van der Waals surface area contributed by atoms with Crippen LogP contribution in [0, 0.1) is 0 Å². The maximum Gasteiger partial charge on any atom is 0.305 e. The fraction of sp³-hybridized carbons (Fsp3) is 0.857. The highest BCUT2D eigenvalue weighted by atomic mass is 16.5. The Hall–Kier alpha value is -0.830. The molecule has 3 nitrogen and oxygen atoms in total. The van der Waals surface area contributed by atoms with E-state index in [-0.39, 0.29) is 5.97 Å². The quantitative estimate of drug-likeness (QED) is 0.179. The summed E-state index contributed by atoms with van der Waals surface area (Å²) >= 11 is 0. The van der Waals surface area contributed by atoms with Crippen molar-refractivity contribution in [2.75, 3.05) is 20.8 Å². The van der Waals surface area contributed by atoms with E-state index in [0.29, 0.717) is 6.42 Å². The zero-order valence-corrected chi connectivity index (χ0v) is 16.4. The van der Waals surface area contributed by atoms with Crippen LogP contribution >= 0.6 is 0 Å². The van der Waals surface area contributed by atoms with E-state index < -0.39 is 0 Å². The smallest absolute Gasteiger partial charge is 0.305 e. The van der Waals surface area contributed by atoms with Crippen LogP contribution in [-0.4, -0.2) is 26.8 Å². The van der Waals surface area contributed by atoms with Gasteiger partial charge in [-0.3, -0.25) is 4.79 Å². The molecule has 0 aromatic heterocycles. The van der Waals surface area contributed by atoms with Gasteiger partial charge >= 0.3 is 5.97 Å². The van der Waals surface area contributed by atoms with Gasteiger partial charge in [0.1, 0.15) is 0 Å². The van der Waals surface area contributed by atoms with Gasteiger partial charge in [-0.15, -0.1) is 0 Å². The number of carbonyl (C=O) groups excluding carboxylic acids is 1. The van der Waals surface area contributed by atoms with Crippen LogP contribution in [0.5, 0.6) is 0 Å². The fourth-order valence-electron chi connectivity index (χ4n) is 2.90. The van der Waals surface area contributed by atoms with Gasteiger partial charge in [0.25, 0.3) is 0 Å². The Kier molecular flexibility index (Phi) is 17.9. The highest BCUT2D eigenvalue weighted by Gasteiger charge is 2.01. The molecule has 0 radical (unpaired) electrons. The van der Waals surface area contributed by atoms with Crippen molar-refractivity contribution in [3.8, 4) is 0 Å². The fourth-order valence-corrected chi connectivity index (χ4v) is 2.90. The van der Waals surface area contributed by atoms with E-state index in [1.165, 1.54) is 76.9 Å². The lowest BCUT2D eigenvalue weighted by Crippen LogP contribution is -1.99. The van der Waals surface area contributed by atoms with E-state index >= 15 is 0 Å². The maximum atomic E-state index is 11.0. The van der Waals surface area contributed by atoms with Crippen LogP contribution in [0.25, 0.3) is 0 Å². The summed E-state index contributed by atoms with van der Waals surface area (Å²) in [5.41, 5.74) is 1.46. The van der Waals surface area contributed by atoms with E-state index in [4.69, 9.17) is 4.74 Å². The third kappa shape index (κ3) is 16.0. The lowest BCUT2D eigenvalue weighted by Gasteiger charge is -2.07. The number of unbranched alkanes of at least 4 members (excludes halogenated alkanes) is 10. The average Bonchev–Trinajstić information content (AvgIpc) is 2.59. The van der Waals surface area contributed by atoms with Gasteiger partial charge in [0.05, 0.1) is 13.7 Å². The number of esters is 1. The Morgan fingerprint density at radius 2 is 1.38 bits per heavy atom. The van der Waals surface area contributed by atoms with Crippen molar-refractivity contribution in [1.82, 2.24) is 0 Å². The number of carbonyl (C=O) groups is 1. The summed E-state index contributed by atoms with van der Waals surface area (Å²) in [6, 6.07) is 0. The topological polar surface area (TPSA) is 35.5 Å². The van der Waals surface area contributed by atoms with Crippen molar-refractivity contribution in [3.05, 3.63) is 11.6 Å². The molecule has 0 atom stereocenters. The lowest BCUT2D eigenvalue weighted by molar-refractivity contribution is -0.140. The zero-order chi connectivity index (χ0) is 17.9. The molecule has 0 aromatic rings. The van der Waals surface area contributed by atoms with Gasteiger partial charge in [-0.2, -0.15) is 0 Å². The Morgan fingerprint density at radius 1 is 0.792 bits per heavy atom. The first-order valence-corrected chi connectivity index (χ1v) is 9.98. The minimum Gasteiger partial charge on any atom is -0.469 e. The Balaban J connectivity index is 3.64. The molecule has 3 heteroatoms. The number of rotatable bonds is 17. The molecule has 0 unspecified atom stereocenters. The van der Waals surface area contributed by atoms with Gasteiger partial charge in [0.2, 0.25) is 0 Å². The highest BCUT2D eigenvalue weighted by Crippen LogP contribution is 2.15. The van der Waals surface area contributed by atoms with Gasteiger partial charge in [0, 0.05) is 13.5 Å². The van der Waals surface area contributed by atoms with Crippen molar-refractivity contribution in [3.63, 3.8) is 0 Å². The van der Waals surface area contributed by atoms with Gasteiger partial charge in [0.15, 0.2) is 0 Å². The molecular weight excluding hydrogens is 300 g/mol. The largest absolute Gasteiger partial charge is 0.469 e. The highest BCUT2D eigenvalue weighted by molar-refractivity contribution is 5.68. The molecule has 0 bridgehead atoms. The third-order valence-corrected chi connectivity index (χ3v) is 4.43. The monoisotopic (exact) mass is 340 g/mol. The molecule has 0 spiro atoms. The van der Waals surface area contributed by atoms with Gasteiger partial charge < -0.3 is 9.47 Å². The number of methoxy groups -OCH3 is 2. The first kappa shape index (κ1) is 23.2. The van der Waals surface area contributed by atoms with Crippen LogP contribution < -0.4 is 0 Å². The van der Waals surface area contributed by atoms with Gasteiger partial charge in [-0.05, 0) is 37.7 Å². The summed E-state index contributed by atoms with van der Waals surface area (Å²) in [5, 5.41) is 0. The van der Waals surface area contributed by atoms with Gasteiger partial charge in [-0.25, -0.2) is 0 Å². The molecule has 0 aliphatic rings. The molecular formula is C21H40O3. The predicted octanol–water partition coefficient (Wildman–Crippen LogP) is 6.21. The summed E-state index contributed by atoms with van der Waals surface area (Å²) in [6.45, 7) is 3.04. The van der Waals surface area contributed by atoms with Crippen molar-refractivity contribution in [2.24, 2.45) is 0 Å². The second-order valence-corrected chi connectivity index (χ2v) is 6.70. The van der Waals surface area contributed by atoms with Crippen LogP contribution in [0.15, 0.2) is 11.6 Å². The molecule has 24 heavy (non-hydrogen) atoms. The average molecular weight is 341 g/mol. The number of hydrogen-bond acceptors (Lipinski definition) is 3. The van der Waals surface area contributed by atoms with Crippen LogP contribution in [-0.2, 0) is 14.3 Å². The van der Waals surface area contributed by atoms with Crippen molar-refractivity contribution < 1.29 is 14.3 Å². The van der Waals surface area contributed by atoms with Crippen LogP contribution in [0.4, 0.5) is 0 Å². The van der Waals surface area contributed by atoms with E-state index in [1.807, 2.05) is 0 Å². The zero-order valence-electron chi connectivity index (χ0n) is 16.4. The first-order chi connectivity index (χ1) is 11.7. The molecule has 0 fully saturated rings. The minimum atomic E-state index is -0.0880. The molecule has 142 valence electrons.